The van der Waals surface area contributed by atoms with Crippen LogP contribution in [0.2, 0.25) is 0 Å². The summed E-state index contributed by atoms with van der Waals surface area (Å²) in [4.78, 5) is 13.6. The molecule has 0 bridgehead atoms. The molecule has 0 aromatic carbocycles. The molecule has 1 rings (SSSR count). The van der Waals surface area contributed by atoms with Crippen LogP contribution in [0.1, 0.15) is 41.0 Å². The van der Waals surface area contributed by atoms with Crippen molar-refractivity contribution in [1.29, 1.82) is 0 Å². The molecule has 0 aromatic rings. The predicted octanol–water partition coefficient (Wildman–Crippen LogP) is 3.21. The van der Waals surface area contributed by atoms with Crippen LogP contribution in [0, 0.1) is 5.41 Å². The lowest BCUT2D eigenvalue weighted by atomic mass is 9.89. The van der Waals surface area contributed by atoms with E-state index in [0.717, 1.165) is 19.5 Å². The summed E-state index contributed by atoms with van der Waals surface area (Å²) in [5.74, 6) is 0. The van der Waals surface area contributed by atoms with E-state index in [9.17, 15) is 4.79 Å². The number of carbonyl (C=O) groups excluding carboxylic acids is 1. The highest BCUT2D eigenvalue weighted by atomic mass is 16.6. The van der Waals surface area contributed by atoms with Gasteiger partial charge in [0.1, 0.15) is 5.60 Å². The molecule has 3 heteroatoms. The van der Waals surface area contributed by atoms with Gasteiger partial charge in [-0.2, -0.15) is 0 Å². The molecule has 0 saturated carbocycles. The van der Waals surface area contributed by atoms with Crippen LogP contribution in [0.5, 0.6) is 0 Å². The van der Waals surface area contributed by atoms with E-state index in [1.54, 1.807) is 4.90 Å². The number of amides is 1. The molecule has 0 N–H and O–H groups in total. The normalized spacial score (nSPS) is 26.4. The number of carbonyl (C=O) groups is 1. The second-order valence-electron chi connectivity index (χ2n) is 5.81. The van der Waals surface area contributed by atoms with E-state index < -0.39 is 5.60 Å². The molecule has 1 aliphatic heterocycles. The molecule has 1 fully saturated rings. The van der Waals surface area contributed by atoms with E-state index in [0.29, 0.717) is 0 Å². The summed E-state index contributed by atoms with van der Waals surface area (Å²) >= 11 is 0. The van der Waals surface area contributed by atoms with Crippen LogP contribution in [0.4, 0.5) is 4.79 Å². The Morgan fingerprint density at radius 3 is 2.56 bits per heavy atom. The fourth-order valence-corrected chi connectivity index (χ4v) is 2.01. The van der Waals surface area contributed by atoms with Crippen LogP contribution >= 0.6 is 0 Å². The summed E-state index contributed by atoms with van der Waals surface area (Å²) in [6, 6.07) is 0. The summed E-state index contributed by atoms with van der Waals surface area (Å²) in [6.07, 6.45) is 5.05. The maximum absolute atomic E-state index is 11.8. The molecule has 1 heterocycles. The molecule has 92 valence electrons. The number of hydrogen-bond acceptors (Lipinski definition) is 2. The number of rotatable bonds is 1. The zero-order valence-corrected chi connectivity index (χ0v) is 11.0. The van der Waals surface area contributed by atoms with Crippen LogP contribution in [0.25, 0.3) is 0 Å². The molecule has 0 aromatic heterocycles. The minimum atomic E-state index is -0.406. The summed E-state index contributed by atoms with van der Waals surface area (Å²) in [7, 11) is 0. The lowest BCUT2D eigenvalue weighted by Crippen LogP contribution is -2.36. The largest absolute Gasteiger partial charge is 0.444 e. The van der Waals surface area contributed by atoms with Crippen LogP contribution in [0.15, 0.2) is 12.2 Å². The van der Waals surface area contributed by atoms with Gasteiger partial charge in [-0.1, -0.05) is 19.1 Å². The third-order valence-corrected chi connectivity index (χ3v) is 2.73. The average molecular weight is 225 g/mol. The van der Waals surface area contributed by atoms with Crippen molar-refractivity contribution in [1.82, 2.24) is 4.90 Å². The van der Waals surface area contributed by atoms with Gasteiger partial charge in [0.2, 0.25) is 0 Å². The van der Waals surface area contributed by atoms with Gasteiger partial charge in [0.05, 0.1) is 0 Å². The highest BCUT2D eigenvalue weighted by Crippen LogP contribution is 2.32. The smallest absolute Gasteiger partial charge is 0.410 e. The van der Waals surface area contributed by atoms with Gasteiger partial charge in [-0.3, -0.25) is 0 Å². The standard InChI is InChI=1S/C13H23NO2/c1-6-7-13(5)8-9-14(10-13)11(15)16-12(2,3)4/h6-7H,8-10H2,1-5H3. The van der Waals surface area contributed by atoms with E-state index in [2.05, 4.69) is 19.1 Å². The first-order valence-electron chi connectivity index (χ1n) is 5.87. The lowest BCUT2D eigenvalue weighted by Gasteiger charge is -2.25. The maximum atomic E-state index is 11.8. The minimum Gasteiger partial charge on any atom is -0.444 e. The van der Waals surface area contributed by atoms with Gasteiger partial charge in [0.15, 0.2) is 0 Å². The van der Waals surface area contributed by atoms with Crippen molar-refractivity contribution in [2.24, 2.45) is 5.41 Å². The minimum absolute atomic E-state index is 0.117. The Balaban J connectivity index is 2.56. The Bertz CT molecular complexity index is 291. The zero-order valence-electron chi connectivity index (χ0n) is 11.0. The third-order valence-electron chi connectivity index (χ3n) is 2.73. The monoisotopic (exact) mass is 225 g/mol. The second-order valence-corrected chi connectivity index (χ2v) is 5.81. The Labute approximate surface area is 98.5 Å². The van der Waals surface area contributed by atoms with Crippen molar-refractivity contribution in [2.45, 2.75) is 46.6 Å². The molecule has 1 unspecified atom stereocenters. The highest BCUT2D eigenvalue weighted by Gasteiger charge is 2.35. The molecule has 16 heavy (non-hydrogen) atoms. The zero-order chi connectivity index (χ0) is 12.4. The molecule has 0 aliphatic carbocycles. The Morgan fingerprint density at radius 2 is 2.06 bits per heavy atom. The number of hydrogen-bond donors (Lipinski definition) is 0. The molecular weight excluding hydrogens is 202 g/mol. The van der Waals surface area contributed by atoms with E-state index in [1.165, 1.54) is 0 Å². The molecular formula is C13H23NO2. The summed E-state index contributed by atoms with van der Waals surface area (Å²) in [5.41, 5.74) is -0.289. The van der Waals surface area contributed by atoms with Gasteiger partial charge in [-0.15, -0.1) is 0 Å². The van der Waals surface area contributed by atoms with Crippen LogP contribution in [-0.4, -0.2) is 29.7 Å². The van der Waals surface area contributed by atoms with E-state index >= 15 is 0 Å². The molecule has 1 atom stereocenters. The highest BCUT2D eigenvalue weighted by molar-refractivity contribution is 5.68. The molecule has 0 radical (unpaired) electrons. The predicted molar refractivity (Wildman–Crippen MR) is 65.3 cm³/mol. The molecule has 1 saturated heterocycles. The van der Waals surface area contributed by atoms with Gasteiger partial charge in [0.25, 0.3) is 0 Å². The maximum Gasteiger partial charge on any atom is 0.410 e. The van der Waals surface area contributed by atoms with Crippen molar-refractivity contribution in [3.8, 4) is 0 Å². The summed E-state index contributed by atoms with van der Waals surface area (Å²) in [6.45, 7) is 11.4. The quantitative estimate of drug-likeness (QED) is 0.641. The first kappa shape index (κ1) is 13.1. The SMILES string of the molecule is CC=CC1(C)CCN(C(=O)OC(C)(C)C)C1. The molecule has 3 nitrogen and oxygen atoms in total. The Hall–Kier alpha value is -0.990. The first-order chi connectivity index (χ1) is 7.26. The van der Waals surface area contributed by atoms with Crippen LogP contribution in [-0.2, 0) is 4.74 Å². The number of nitrogens with zero attached hydrogens (tertiary/aromatic N) is 1. The molecule has 1 aliphatic rings. The van der Waals surface area contributed by atoms with Gasteiger partial charge >= 0.3 is 6.09 Å². The topological polar surface area (TPSA) is 29.5 Å². The van der Waals surface area contributed by atoms with Crippen molar-refractivity contribution >= 4 is 6.09 Å². The number of ether oxygens (including phenoxy) is 1. The summed E-state index contributed by atoms with van der Waals surface area (Å²) in [5, 5.41) is 0. The van der Waals surface area contributed by atoms with Gasteiger partial charge in [-0.25, -0.2) is 4.79 Å². The van der Waals surface area contributed by atoms with E-state index in [4.69, 9.17) is 4.74 Å². The van der Waals surface area contributed by atoms with Crippen LogP contribution < -0.4 is 0 Å². The van der Waals surface area contributed by atoms with Gasteiger partial charge in [0, 0.05) is 18.5 Å². The van der Waals surface area contributed by atoms with E-state index in [1.807, 2.05) is 27.7 Å². The van der Waals surface area contributed by atoms with Crippen molar-refractivity contribution in [3.63, 3.8) is 0 Å². The molecule has 0 spiro atoms. The van der Waals surface area contributed by atoms with Crippen molar-refractivity contribution in [3.05, 3.63) is 12.2 Å². The fraction of sp³-hybridized carbons (Fsp3) is 0.769. The van der Waals surface area contributed by atoms with E-state index in [-0.39, 0.29) is 11.5 Å². The van der Waals surface area contributed by atoms with Crippen molar-refractivity contribution in [2.75, 3.05) is 13.1 Å². The third kappa shape index (κ3) is 3.54. The first-order valence-corrected chi connectivity index (χ1v) is 5.87. The average Bonchev–Trinajstić information content (AvgIpc) is 2.45. The Morgan fingerprint density at radius 1 is 1.44 bits per heavy atom. The van der Waals surface area contributed by atoms with Crippen LogP contribution in [0.3, 0.4) is 0 Å². The Kier molecular flexibility index (Phi) is 3.66. The molecule has 1 amide bonds. The second kappa shape index (κ2) is 4.48. The van der Waals surface area contributed by atoms with Gasteiger partial charge < -0.3 is 9.64 Å². The number of likely N-dealkylation sites (tertiary alicyclic amines) is 1. The van der Waals surface area contributed by atoms with Crippen molar-refractivity contribution < 1.29 is 9.53 Å². The number of allylic oxidation sites excluding steroid dienone is 1. The lowest BCUT2D eigenvalue weighted by molar-refractivity contribution is 0.0282. The summed E-state index contributed by atoms with van der Waals surface area (Å²) < 4.78 is 5.36. The fourth-order valence-electron chi connectivity index (χ4n) is 2.01. The van der Waals surface area contributed by atoms with Gasteiger partial charge in [-0.05, 0) is 34.1 Å².